The van der Waals surface area contributed by atoms with Crippen LogP contribution in [0.3, 0.4) is 0 Å². The van der Waals surface area contributed by atoms with Crippen LogP contribution in [-0.2, 0) is 17.8 Å². The zero-order chi connectivity index (χ0) is 10.8. The molecule has 0 saturated carbocycles. The standard InChI is InChI=1S/C11H10N2O2/c12-5-7-1-2-8-4-10(11(14)15)13-6-9(8)3-7/h1-3,10,13H,4,6H2,(H,14,15). The summed E-state index contributed by atoms with van der Waals surface area (Å²) in [5, 5.41) is 20.5. The molecule has 2 N–H and O–H groups in total. The van der Waals surface area contributed by atoms with Gasteiger partial charge in [0.05, 0.1) is 11.6 Å². The number of benzene rings is 1. The average Bonchev–Trinajstić information content (AvgIpc) is 2.27. The van der Waals surface area contributed by atoms with E-state index in [0.29, 0.717) is 18.5 Å². The predicted molar refractivity (Wildman–Crippen MR) is 53.1 cm³/mol. The number of carboxylic acid groups (broad SMARTS) is 1. The molecule has 1 aromatic rings. The highest BCUT2D eigenvalue weighted by Gasteiger charge is 2.23. The van der Waals surface area contributed by atoms with Crippen molar-refractivity contribution in [2.45, 2.75) is 19.0 Å². The van der Waals surface area contributed by atoms with Gasteiger partial charge in [-0.15, -0.1) is 0 Å². The minimum absolute atomic E-state index is 0.483. The zero-order valence-corrected chi connectivity index (χ0v) is 8.03. The van der Waals surface area contributed by atoms with Gasteiger partial charge in [0.15, 0.2) is 0 Å². The van der Waals surface area contributed by atoms with Gasteiger partial charge in [0.25, 0.3) is 0 Å². The Balaban J connectivity index is 2.29. The van der Waals surface area contributed by atoms with Crippen LogP contribution >= 0.6 is 0 Å². The smallest absolute Gasteiger partial charge is 0.321 e. The fourth-order valence-corrected chi connectivity index (χ4v) is 1.76. The predicted octanol–water partition coefficient (Wildman–Crippen LogP) is 0.657. The number of carbonyl (C=O) groups is 1. The van der Waals surface area contributed by atoms with Crippen molar-refractivity contribution >= 4 is 5.97 Å². The molecule has 15 heavy (non-hydrogen) atoms. The third-order valence-corrected chi connectivity index (χ3v) is 2.60. The number of rotatable bonds is 1. The van der Waals surface area contributed by atoms with Gasteiger partial charge in [-0.25, -0.2) is 0 Å². The van der Waals surface area contributed by atoms with Crippen LogP contribution in [0.5, 0.6) is 0 Å². The van der Waals surface area contributed by atoms with Gasteiger partial charge >= 0.3 is 5.97 Å². The maximum Gasteiger partial charge on any atom is 0.321 e. The summed E-state index contributed by atoms with van der Waals surface area (Å²) in [6.45, 7) is 0.516. The second-order valence-corrected chi connectivity index (χ2v) is 3.57. The second kappa shape index (κ2) is 3.71. The molecule has 1 aliphatic rings. The lowest BCUT2D eigenvalue weighted by Gasteiger charge is -2.22. The molecule has 0 spiro atoms. The van der Waals surface area contributed by atoms with Crippen molar-refractivity contribution in [2.24, 2.45) is 0 Å². The number of nitrogens with one attached hydrogen (secondary N) is 1. The Morgan fingerprint density at radius 1 is 1.53 bits per heavy atom. The second-order valence-electron chi connectivity index (χ2n) is 3.57. The first kappa shape index (κ1) is 9.69. The summed E-state index contributed by atoms with van der Waals surface area (Å²) >= 11 is 0. The highest BCUT2D eigenvalue weighted by atomic mass is 16.4. The molecule has 0 amide bonds. The molecule has 1 heterocycles. The third kappa shape index (κ3) is 1.83. The minimum atomic E-state index is -0.829. The van der Waals surface area contributed by atoms with E-state index in [2.05, 4.69) is 11.4 Å². The van der Waals surface area contributed by atoms with E-state index < -0.39 is 12.0 Å². The Morgan fingerprint density at radius 3 is 3.00 bits per heavy atom. The maximum atomic E-state index is 10.8. The van der Waals surface area contributed by atoms with Crippen LogP contribution in [0.4, 0.5) is 0 Å². The lowest BCUT2D eigenvalue weighted by Crippen LogP contribution is -2.41. The number of carboxylic acids is 1. The molecule has 0 saturated heterocycles. The van der Waals surface area contributed by atoms with E-state index in [1.165, 1.54) is 0 Å². The largest absolute Gasteiger partial charge is 0.480 e. The molecule has 0 aliphatic carbocycles. The van der Waals surface area contributed by atoms with Crippen LogP contribution in [0, 0.1) is 11.3 Å². The number of nitrogens with zero attached hydrogens (tertiary/aromatic N) is 1. The zero-order valence-electron chi connectivity index (χ0n) is 8.03. The van der Waals surface area contributed by atoms with E-state index in [1.807, 2.05) is 6.07 Å². The molecule has 0 bridgehead atoms. The Morgan fingerprint density at radius 2 is 2.33 bits per heavy atom. The molecule has 4 nitrogen and oxygen atoms in total. The van der Waals surface area contributed by atoms with E-state index in [0.717, 1.165) is 11.1 Å². The Bertz CT molecular complexity index is 448. The number of fused-ring (bicyclic) bond motifs is 1. The summed E-state index contributed by atoms with van der Waals surface area (Å²) in [6.07, 6.45) is 0.483. The van der Waals surface area contributed by atoms with Crippen LogP contribution < -0.4 is 5.32 Å². The van der Waals surface area contributed by atoms with Crippen molar-refractivity contribution in [2.75, 3.05) is 0 Å². The summed E-state index contributed by atoms with van der Waals surface area (Å²) in [5.74, 6) is -0.829. The Labute approximate surface area is 87.1 Å². The van der Waals surface area contributed by atoms with Crippen molar-refractivity contribution in [3.63, 3.8) is 0 Å². The molecular weight excluding hydrogens is 192 g/mol. The molecule has 4 heteroatoms. The summed E-state index contributed by atoms with van der Waals surface area (Å²) in [6, 6.07) is 6.93. The average molecular weight is 202 g/mol. The first-order valence-electron chi connectivity index (χ1n) is 4.69. The summed E-state index contributed by atoms with van der Waals surface area (Å²) < 4.78 is 0. The van der Waals surface area contributed by atoms with E-state index >= 15 is 0 Å². The number of nitriles is 1. The molecule has 1 aliphatic heterocycles. The molecule has 76 valence electrons. The minimum Gasteiger partial charge on any atom is -0.480 e. The summed E-state index contributed by atoms with van der Waals surface area (Å²) in [4.78, 5) is 10.8. The molecule has 2 rings (SSSR count). The lowest BCUT2D eigenvalue weighted by molar-refractivity contribution is -0.139. The van der Waals surface area contributed by atoms with Crippen LogP contribution in [0.15, 0.2) is 18.2 Å². The van der Waals surface area contributed by atoms with E-state index in [1.54, 1.807) is 12.1 Å². The van der Waals surface area contributed by atoms with Gasteiger partial charge in [-0.2, -0.15) is 5.26 Å². The SMILES string of the molecule is N#Cc1ccc2c(c1)CNC(C(=O)O)C2. The van der Waals surface area contributed by atoms with Gasteiger partial charge in [0, 0.05) is 6.54 Å². The number of hydrogen-bond acceptors (Lipinski definition) is 3. The fraction of sp³-hybridized carbons (Fsp3) is 0.273. The highest BCUT2D eigenvalue weighted by Crippen LogP contribution is 2.18. The van der Waals surface area contributed by atoms with Gasteiger partial charge in [-0.3, -0.25) is 4.79 Å². The monoisotopic (exact) mass is 202 g/mol. The van der Waals surface area contributed by atoms with Crippen molar-refractivity contribution in [3.8, 4) is 6.07 Å². The first-order valence-corrected chi connectivity index (χ1v) is 4.69. The lowest BCUT2D eigenvalue weighted by atomic mass is 9.94. The van der Waals surface area contributed by atoms with Crippen LogP contribution in [0.1, 0.15) is 16.7 Å². The highest BCUT2D eigenvalue weighted by molar-refractivity contribution is 5.74. The topological polar surface area (TPSA) is 73.1 Å². The third-order valence-electron chi connectivity index (χ3n) is 2.60. The van der Waals surface area contributed by atoms with Crippen molar-refractivity contribution in [1.82, 2.24) is 5.32 Å². The van der Waals surface area contributed by atoms with Crippen LogP contribution in [0.2, 0.25) is 0 Å². The number of hydrogen-bond donors (Lipinski definition) is 2. The normalized spacial score (nSPS) is 19.0. The van der Waals surface area contributed by atoms with Crippen molar-refractivity contribution < 1.29 is 9.90 Å². The van der Waals surface area contributed by atoms with Gasteiger partial charge in [-0.05, 0) is 29.7 Å². The summed E-state index contributed by atoms with van der Waals surface area (Å²) in [5.41, 5.74) is 2.65. The summed E-state index contributed by atoms with van der Waals surface area (Å²) in [7, 11) is 0. The number of aliphatic carboxylic acids is 1. The molecule has 1 unspecified atom stereocenters. The molecule has 0 radical (unpaired) electrons. The van der Waals surface area contributed by atoms with Crippen molar-refractivity contribution in [1.29, 1.82) is 5.26 Å². The van der Waals surface area contributed by atoms with E-state index in [-0.39, 0.29) is 0 Å². The Kier molecular flexibility index (Phi) is 2.40. The molecule has 0 fully saturated rings. The molecule has 1 aromatic carbocycles. The van der Waals surface area contributed by atoms with E-state index in [9.17, 15) is 4.79 Å². The molecule has 0 aromatic heterocycles. The quantitative estimate of drug-likeness (QED) is 0.701. The first-order chi connectivity index (χ1) is 7.20. The molecule has 1 atom stereocenters. The Hall–Kier alpha value is -1.86. The molecular formula is C11H10N2O2. The fourth-order valence-electron chi connectivity index (χ4n) is 1.76. The van der Waals surface area contributed by atoms with Gasteiger partial charge in [0.2, 0.25) is 0 Å². The van der Waals surface area contributed by atoms with E-state index in [4.69, 9.17) is 10.4 Å². The van der Waals surface area contributed by atoms with Gasteiger partial charge in [0.1, 0.15) is 6.04 Å². The van der Waals surface area contributed by atoms with Crippen LogP contribution in [-0.4, -0.2) is 17.1 Å². The van der Waals surface area contributed by atoms with Gasteiger partial charge in [-0.1, -0.05) is 6.07 Å². The maximum absolute atomic E-state index is 10.8. The van der Waals surface area contributed by atoms with Crippen LogP contribution in [0.25, 0.3) is 0 Å². The van der Waals surface area contributed by atoms with Crippen molar-refractivity contribution in [3.05, 3.63) is 34.9 Å². The van der Waals surface area contributed by atoms with Gasteiger partial charge < -0.3 is 10.4 Å².